The van der Waals surface area contributed by atoms with Crippen molar-refractivity contribution in [3.63, 3.8) is 0 Å². The zero-order chi connectivity index (χ0) is 16.8. The van der Waals surface area contributed by atoms with Crippen molar-refractivity contribution in [3.8, 4) is 0 Å². The van der Waals surface area contributed by atoms with Gasteiger partial charge in [-0.05, 0) is 17.7 Å². The van der Waals surface area contributed by atoms with Crippen LogP contribution in [0.25, 0.3) is 0 Å². The quantitative estimate of drug-likeness (QED) is 0.721. The van der Waals surface area contributed by atoms with Crippen molar-refractivity contribution in [2.45, 2.75) is 26.1 Å². The normalized spacial score (nSPS) is 13.2. The second-order valence-corrected chi connectivity index (χ2v) is 5.25. The second-order valence-electron chi connectivity index (χ2n) is 5.25. The summed E-state index contributed by atoms with van der Waals surface area (Å²) < 4.78 is 37.7. The minimum Gasteiger partial charge on any atom is -0.395 e. The van der Waals surface area contributed by atoms with E-state index in [2.05, 4.69) is 10.6 Å². The van der Waals surface area contributed by atoms with Gasteiger partial charge in [0.15, 0.2) is 0 Å². The van der Waals surface area contributed by atoms with Gasteiger partial charge in [-0.15, -0.1) is 0 Å². The van der Waals surface area contributed by atoms with E-state index in [9.17, 15) is 18.0 Å². The lowest BCUT2D eigenvalue weighted by atomic mass is 10.0. The number of alkyl halides is 3. The first kappa shape index (κ1) is 18.4. The molecule has 0 fully saturated rings. The van der Waals surface area contributed by atoms with Crippen LogP contribution in [0.1, 0.15) is 31.0 Å². The molecule has 1 amide bonds. The van der Waals surface area contributed by atoms with Crippen molar-refractivity contribution in [2.75, 3.05) is 19.7 Å². The van der Waals surface area contributed by atoms with Gasteiger partial charge in [0, 0.05) is 25.0 Å². The third-order valence-corrected chi connectivity index (χ3v) is 3.15. The minimum atomic E-state index is -4.38. The zero-order valence-electron chi connectivity index (χ0n) is 12.6. The zero-order valence-corrected chi connectivity index (χ0v) is 12.6. The molecule has 1 aromatic carbocycles. The lowest BCUT2D eigenvalue weighted by Gasteiger charge is -2.20. The van der Waals surface area contributed by atoms with Crippen molar-refractivity contribution < 1.29 is 23.1 Å². The van der Waals surface area contributed by atoms with Crippen LogP contribution >= 0.6 is 0 Å². The van der Waals surface area contributed by atoms with E-state index in [1.165, 1.54) is 12.1 Å². The largest absolute Gasteiger partial charge is 0.416 e. The van der Waals surface area contributed by atoms with Gasteiger partial charge in [0.25, 0.3) is 0 Å². The first-order chi connectivity index (χ1) is 10.3. The molecule has 0 bridgehead atoms. The van der Waals surface area contributed by atoms with E-state index < -0.39 is 11.7 Å². The Kier molecular flexibility index (Phi) is 6.83. The Bertz CT molecular complexity index is 473. The van der Waals surface area contributed by atoms with Gasteiger partial charge >= 0.3 is 6.18 Å². The molecule has 0 aliphatic heterocycles. The highest BCUT2D eigenvalue weighted by Gasteiger charge is 2.30. The van der Waals surface area contributed by atoms with Gasteiger partial charge < -0.3 is 15.7 Å². The summed E-state index contributed by atoms with van der Waals surface area (Å²) in [7, 11) is 0. The van der Waals surface area contributed by atoms with Crippen molar-refractivity contribution in [1.29, 1.82) is 0 Å². The molecule has 1 aromatic rings. The molecule has 0 radical (unpaired) electrons. The fourth-order valence-corrected chi connectivity index (χ4v) is 1.86. The number of nitrogens with one attached hydrogen (secondary N) is 2. The summed E-state index contributed by atoms with van der Waals surface area (Å²) in [5.41, 5.74) is -0.103. The molecule has 22 heavy (non-hydrogen) atoms. The predicted octanol–water partition coefficient (Wildman–Crippen LogP) is 2.10. The standard InChI is InChI=1S/C15H21F3N2O2/c1-10(2)14(22)20-9-13(19-7-8-21)11-3-5-12(6-4-11)15(16,17)18/h3-6,10,13,19,21H,7-9H2,1-2H3,(H,20,22). The Morgan fingerprint density at radius 2 is 1.82 bits per heavy atom. The maximum absolute atomic E-state index is 12.6. The molecule has 0 aliphatic rings. The molecule has 0 heterocycles. The fourth-order valence-electron chi connectivity index (χ4n) is 1.86. The Labute approximate surface area is 127 Å². The summed E-state index contributed by atoms with van der Waals surface area (Å²) in [6.45, 7) is 3.92. The number of carbonyl (C=O) groups excluding carboxylic acids is 1. The summed E-state index contributed by atoms with van der Waals surface area (Å²) in [5, 5.41) is 14.6. The molecule has 0 saturated heterocycles. The molecule has 0 spiro atoms. The van der Waals surface area contributed by atoms with Crippen LogP contribution in [0.3, 0.4) is 0 Å². The first-order valence-electron chi connectivity index (χ1n) is 7.04. The summed E-state index contributed by atoms with van der Waals surface area (Å²) >= 11 is 0. The van der Waals surface area contributed by atoms with Gasteiger partial charge in [0.05, 0.1) is 12.2 Å². The van der Waals surface area contributed by atoms with Crippen LogP contribution < -0.4 is 10.6 Å². The first-order valence-corrected chi connectivity index (χ1v) is 7.04. The maximum Gasteiger partial charge on any atom is 0.416 e. The molecule has 1 unspecified atom stereocenters. The van der Waals surface area contributed by atoms with Crippen LogP contribution in [0.15, 0.2) is 24.3 Å². The number of aliphatic hydroxyl groups excluding tert-OH is 1. The van der Waals surface area contributed by atoms with E-state index in [1.807, 2.05) is 0 Å². The summed E-state index contributed by atoms with van der Waals surface area (Å²) in [6, 6.07) is 4.40. The third kappa shape index (κ3) is 5.65. The Morgan fingerprint density at radius 1 is 1.23 bits per heavy atom. The molecule has 0 saturated carbocycles. The van der Waals surface area contributed by atoms with Crippen LogP contribution in [0.5, 0.6) is 0 Å². The molecule has 7 heteroatoms. The number of aliphatic hydroxyl groups is 1. The van der Waals surface area contributed by atoms with Gasteiger partial charge in [0.2, 0.25) is 5.91 Å². The van der Waals surface area contributed by atoms with Crippen LogP contribution in [-0.2, 0) is 11.0 Å². The van der Waals surface area contributed by atoms with Crippen LogP contribution in [-0.4, -0.2) is 30.7 Å². The SMILES string of the molecule is CC(C)C(=O)NCC(NCCO)c1ccc(C(F)(F)F)cc1. The highest BCUT2D eigenvalue weighted by Crippen LogP contribution is 2.29. The molecule has 124 valence electrons. The van der Waals surface area contributed by atoms with E-state index in [4.69, 9.17) is 5.11 Å². The van der Waals surface area contributed by atoms with Gasteiger partial charge in [-0.25, -0.2) is 0 Å². The number of amides is 1. The average molecular weight is 318 g/mol. The average Bonchev–Trinajstić information content (AvgIpc) is 2.46. The molecular formula is C15H21F3N2O2. The molecule has 1 rings (SSSR count). The number of hydrogen-bond acceptors (Lipinski definition) is 3. The predicted molar refractivity (Wildman–Crippen MR) is 77.1 cm³/mol. The molecular weight excluding hydrogens is 297 g/mol. The number of carbonyl (C=O) groups is 1. The molecule has 3 N–H and O–H groups in total. The topological polar surface area (TPSA) is 61.4 Å². The van der Waals surface area contributed by atoms with Crippen LogP contribution in [0.2, 0.25) is 0 Å². The monoisotopic (exact) mass is 318 g/mol. The smallest absolute Gasteiger partial charge is 0.395 e. The minimum absolute atomic E-state index is 0.102. The van der Waals surface area contributed by atoms with Crippen molar-refractivity contribution in [3.05, 3.63) is 35.4 Å². The molecule has 0 aliphatic carbocycles. The van der Waals surface area contributed by atoms with Crippen molar-refractivity contribution in [1.82, 2.24) is 10.6 Å². The van der Waals surface area contributed by atoms with E-state index in [-0.39, 0.29) is 37.6 Å². The molecule has 4 nitrogen and oxygen atoms in total. The van der Waals surface area contributed by atoms with E-state index in [0.717, 1.165) is 12.1 Å². The highest BCUT2D eigenvalue weighted by molar-refractivity contribution is 5.77. The van der Waals surface area contributed by atoms with Crippen LogP contribution in [0.4, 0.5) is 13.2 Å². The van der Waals surface area contributed by atoms with Gasteiger partial charge in [-0.2, -0.15) is 13.2 Å². The summed E-state index contributed by atoms with van der Waals surface area (Å²) in [6.07, 6.45) is -4.38. The molecule has 0 aromatic heterocycles. The van der Waals surface area contributed by atoms with Gasteiger partial charge in [-0.3, -0.25) is 4.79 Å². The number of hydrogen-bond donors (Lipinski definition) is 3. The van der Waals surface area contributed by atoms with E-state index in [0.29, 0.717) is 5.56 Å². The van der Waals surface area contributed by atoms with Gasteiger partial charge in [-0.1, -0.05) is 26.0 Å². The summed E-state index contributed by atoms with van der Waals surface area (Å²) in [5.74, 6) is -0.311. The molecule has 1 atom stereocenters. The Balaban J connectivity index is 2.80. The second kappa shape index (κ2) is 8.14. The number of halogens is 3. The Hall–Kier alpha value is -1.60. The highest BCUT2D eigenvalue weighted by atomic mass is 19.4. The van der Waals surface area contributed by atoms with Crippen molar-refractivity contribution >= 4 is 5.91 Å². The lowest BCUT2D eigenvalue weighted by Crippen LogP contribution is -2.37. The Morgan fingerprint density at radius 3 is 2.27 bits per heavy atom. The van der Waals surface area contributed by atoms with E-state index in [1.54, 1.807) is 13.8 Å². The third-order valence-electron chi connectivity index (χ3n) is 3.15. The number of benzene rings is 1. The summed E-state index contributed by atoms with van der Waals surface area (Å²) in [4.78, 5) is 11.6. The number of rotatable bonds is 7. The van der Waals surface area contributed by atoms with Crippen LogP contribution in [0, 0.1) is 5.92 Å². The lowest BCUT2D eigenvalue weighted by molar-refractivity contribution is -0.137. The van der Waals surface area contributed by atoms with E-state index >= 15 is 0 Å². The van der Waals surface area contributed by atoms with Crippen molar-refractivity contribution in [2.24, 2.45) is 5.92 Å². The maximum atomic E-state index is 12.6. The van der Waals surface area contributed by atoms with Gasteiger partial charge in [0.1, 0.15) is 0 Å². The fraction of sp³-hybridized carbons (Fsp3) is 0.533.